The van der Waals surface area contributed by atoms with Gasteiger partial charge < -0.3 is 0 Å². The first kappa shape index (κ1) is 19.6. The minimum atomic E-state index is -0.897. The number of thiophene rings is 1. The van der Waals surface area contributed by atoms with Crippen LogP contribution in [-0.4, -0.2) is 10.4 Å². The highest BCUT2D eigenvalue weighted by Crippen LogP contribution is 2.37. The van der Waals surface area contributed by atoms with Gasteiger partial charge in [-0.2, -0.15) is 0 Å². The molecule has 0 fully saturated rings. The Morgan fingerprint density at radius 3 is 2.34 bits per heavy atom. The molecule has 2 aromatic heterocycles. The number of hydrogen-bond donors (Lipinski definition) is 0. The Morgan fingerprint density at radius 2 is 1.69 bits per heavy atom. The largest absolute Gasteiger partial charge is 0.289 e. The van der Waals surface area contributed by atoms with E-state index in [1.165, 1.54) is 30.3 Å². The summed E-state index contributed by atoms with van der Waals surface area (Å²) in [6, 6.07) is 9.91. The van der Waals surface area contributed by atoms with Crippen LogP contribution in [0.1, 0.15) is 21.5 Å². The second kappa shape index (κ2) is 7.27. The molecule has 29 heavy (non-hydrogen) atoms. The Balaban J connectivity index is 2.00. The normalized spacial score (nSPS) is 11.2. The van der Waals surface area contributed by atoms with Crippen molar-refractivity contribution in [1.29, 1.82) is 0 Å². The minimum Gasteiger partial charge on any atom is -0.289 e. The first-order chi connectivity index (χ1) is 13.8. The standard InChI is InChI=1S/C21H11BrF3NO2S/c1-10-9-11(5-7-13(10)23)19(28)17-12-6-8-16(27)26(21(12)29-20(17)22)18-14(24)3-2-4-15(18)25/h2-9H,1H3. The molecule has 2 heterocycles. The van der Waals surface area contributed by atoms with Crippen LogP contribution in [0.5, 0.6) is 0 Å². The third-order valence-electron chi connectivity index (χ3n) is 4.51. The van der Waals surface area contributed by atoms with Crippen molar-refractivity contribution in [3.63, 3.8) is 0 Å². The van der Waals surface area contributed by atoms with Gasteiger partial charge in [-0.15, -0.1) is 11.3 Å². The molecule has 3 nitrogen and oxygen atoms in total. The third kappa shape index (κ3) is 3.22. The van der Waals surface area contributed by atoms with Crippen LogP contribution >= 0.6 is 27.3 Å². The van der Waals surface area contributed by atoms with Gasteiger partial charge >= 0.3 is 0 Å². The monoisotopic (exact) mass is 477 g/mol. The van der Waals surface area contributed by atoms with E-state index < -0.39 is 34.5 Å². The Bertz CT molecular complexity index is 1340. The van der Waals surface area contributed by atoms with E-state index in [0.29, 0.717) is 14.7 Å². The topological polar surface area (TPSA) is 39.1 Å². The molecule has 4 rings (SSSR count). The van der Waals surface area contributed by atoms with Crippen LogP contribution in [0, 0.1) is 24.4 Å². The van der Waals surface area contributed by atoms with Crippen molar-refractivity contribution in [2.45, 2.75) is 6.92 Å². The Kier molecular flexibility index (Phi) is 4.92. The molecule has 0 atom stereocenters. The van der Waals surface area contributed by atoms with Crippen LogP contribution in [0.15, 0.2) is 57.1 Å². The summed E-state index contributed by atoms with van der Waals surface area (Å²) in [5.41, 5.74) is -0.321. The van der Waals surface area contributed by atoms with Gasteiger partial charge in [0.2, 0.25) is 0 Å². The highest BCUT2D eigenvalue weighted by atomic mass is 79.9. The predicted molar refractivity (Wildman–Crippen MR) is 110 cm³/mol. The van der Waals surface area contributed by atoms with E-state index in [1.807, 2.05) is 0 Å². The first-order valence-corrected chi connectivity index (χ1v) is 10.00. The average molecular weight is 478 g/mol. The SMILES string of the molecule is Cc1cc(C(=O)c2c(Br)sc3c2ccc(=O)n3-c2c(F)cccc2F)ccc1F. The lowest BCUT2D eigenvalue weighted by atomic mass is 10.0. The number of fused-ring (bicyclic) bond motifs is 1. The number of rotatable bonds is 3. The molecule has 0 amide bonds. The molecule has 0 N–H and O–H groups in total. The number of halogens is 4. The first-order valence-electron chi connectivity index (χ1n) is 8.39. The molecule has 0 saturated carbocycles. The smallest absolute Gasteiger partial charge is 0.256 e. The molecule has 0 aliphatic carbocycles. The van der Waals surface area contributed by atoms with Gasteiger partial charge in [-0.1, -0.05) is 6.07 Å². The van der Waals surface area contributed by atoms with E-state index in [4.69, 9.17) is 0 Å². The fourth-order valence-corrected chi connectivity index (χ4v) is 4.99. The molecule has 0 aliphatic heterocycles. The highest BCUT2D eigenvalue weighted by molar-refractivity contribution is 9.11. The van der Waals surface area contributed by atoms with Gasteiger partial charge in [-0.3, -0.25) is 14.2 Å². The van der Waals surface area contributed by atoms with Crippen LogP contribution in [0.3, 0.4) is 0 Å². The van der Waals surface area contributed by atoms with E-state index in [2.05, 4.69) is 15.9 Å². The minimum absolute atomic E-state index is 0.218. The second-order valence-electron chi connectivity index (χ2n) is 6.34. The van der Waals surface area contributed by atoms with Gasteiger partial charge in [-0.25, -0.2) is 13.2 Å². The summed E-state index contributed by atoms with van der Waals surface area (Å²) in [6.45, 7) is 1.55. The molecule has 146 valence electrons. The van der Waals surface area contributed by atoms with Gasteiger partial charge in [0.05, 0.1) is 9.35 Å². The lowest BCUT2D eigenvalue weighted by molar-refractivity contribution is 0.104. The summed E-state index contributed by atoms with van der Waals surface area (Å²) in [6.07, 6.45) is 0. The zero-order valence-electron chi connectivity index (χ0n) is 14.8. The van der Waals surface area contributed by atoms with Crippen LogP contribution in [0.25, 0.3) is 15.9 Å². The summed E-state index contributed by atoms with van der Waals surface area (Å²) >= 11 is 4.34. The third-order valence-corrected chi connectivity index (χ3v) is 6.37. The number of hydrogen-bond acceptors (Lipinski definition) is 3. The summed E-state index contributed by atoms with van der Waals surface area (Å²) in [5.74, 6) is -2.62. The zero-order chi connectivity index (χ0) is 20.9. The average Bonchev–Trinajstić information content (AvgIpc) is 3.00. The van der Waals surface area contributed by atoms with Crippen molar-refractivity contribution in [1.82, 2.24) is 4.57 Å². The number of aromatic nitrogens is 1. The van der Waals surface area contributed by atoms with Gasteiger partial charge in [0.15, 0.2) is 5.78 Å². The lowest BCUT2D eigenvalue weighted by Gasteiger charge is -2.10. The summed E-state index contributed by atoms with van der Waals surface area (Å²) in [4.78, 5) is 25.8. The van der Waals surface area contributed by atoms with Gasteiger partial charge in [0.1, 0.15) is 28.0 Å². The molecule has 0 unspecified atom stereocenters. The highest BCUT2D eigenvalue weighted by Gasteiger charge is 2.24. The number of carbonyl (C=O) groups excluding carboxylic acids is 1. The van der Waals surface area contributed by atoms with Crippen molar-refractivity contribution in [2.24, 2.45) is 0 Å². The maximum absolute atomic E-state index is 14.3. The van der Waals surface area contributed by atoms with E-state index in [-0.39, 0.29) is 16.0 Å². The number of benzene rings is 2. The molecule has 0 saturated heterocycles. The maximum atomic E-state index is 14.3. The van der Waals surface area contributed by atoms with Crippen LogP contribution in [-0.2, 0) is 0 Å². The molecule has 0 radical (unpaired) electrons. The van der Waals surface area contributed by atoms with Crippen molar-refractivity contribution < 1.29 is 18.0 Å². The van der Waals surface area contributed by atoms with E-state index >= 15 is 0 Å². The quantitative estimate of drug-likeness (QED) is 0.351. The fraction of sp³-hybridized carbons (Fsp3) is 0.0476. The van der Waals surface area contributed by atoms with E-state index in [1.54, 1.807) is 6.92 Å². The van der Waals surface area contributed by atoms with E-state index in [9.17, 15) is 22.8 Å². The number of nitrogens with zero attached hydrogens (tertiary/aromatic N) is 1. The van der Waals surface area contributed by atoms with Gasteiger partial charge in [0, 0.05) is 17.0 Å². The van der Waals surface area contributed by atoms with Gasteiger partial charge in [0.25, 0.3) is 5.56 Å². The Morgan fingerprint density at radius 1 is 1.00 bits per heavy atom. The number of para-hydroxylation sites is 1. The van der Waals surface area contributed by atoms with Gasteiger partial charge in [-0.05, 0) is 64.8 Å². The predicted octanol–water partition coefficient (Wildman–Crippen LogP) is 5.77. The molecular formula is C21H11BrF3NO2S. The summed E-state index contributed by atoms with van der Waals surface area (Å²) < 4.78 is 43.6. The number of aryl methyl sites for hydroxylation is 1. The molecule has 2 aromatic carbocycles. The van der Waals surface area contributed by atoms with Crippen molar-refractivity contribution in [3.05, 3.63) is 96.8 Å². The number of carbonyl (C=O) groups is 1. The number of ketones is 1. The summed E-state index contributed by atoms with van der Waals surface area (Å²) in [5, 5.41) is 0.358. The molecule has 8 heteroatoms. The Labute approximate surface area is 175 Å². The Hall–Kier alpha value is -2.71. The van der Waals surface area contributed by atoms with Crippen LogP contribution < -0.4 is 5.56 Å². The lowest BCUT2D eigenvalue weighted by Crippen LogP contribution is -2.19. The molecular weight excluding hydrogens is 467 g/mol. The molecule has 0 spiro atoms. The second-order valence-corrected chi connectivity index (χ2v) is 8.66. The van der Waals surface area contributed by atoms with Crippen LogP contribution in [0.2, 0.25) is 0 Å². The van der Waals surface area contributed by atoms with Crippen molar-refractivity contribution in [2.75, 3.05) is 0 Å². The molecule has 0 bridgehead atoms. The van der Waals surface area contributed by atoms with Crippen molar-refractivity contribution >= 4 is 43.3 Å². The van der Waals surface area contributed by atoms with Crippen LogP contribution in [0.4, 0.5) is 13.2 Å². The summed E-state index contributed by atoms with van der Waals surface area (Å²) in [7, 11) is 0. The molecule has 0 aliphatic rings. The number of pyridine rings is 1. The maximum Gasteiger partial charge on any atom is 0.256 e. The fourth-order valence-electron chi connectivity index (χ4n) is 3.11. The van der Waals surface area contributed by atoms with Crippen molar-refractivity contribution in [3.8, 4) is 5.69 Å². The zero-order valence-corrected chi connectivity index (χ0v) is 17.2. The molecule has 4 aromatic rings. The van der Waals surface area contributed by atoms with E-state index in [0.717, 1.165) is 34.1 Å².